The lowest BCUT2D eigenvalue weighted by atomic mass is 9.89. The van der Waals surface area contributed by atoms with E-state index in [0.717, 1.165) is 0 Å². The fourth-order valence-electron chi connectivity index (χ4n) is 5.29. The molecule has 6 rings (SSSR count). The smallest absolute Gasteiger partial charge is 0.231 e. The summed E-state index contributed by atoms with van der Waals surface area (Å²) in [5.74, 6) is 1.74. The van der Waals surface area contributed by atoms with E-state index in [1.54, 1.807) is 53.3 Å². The van der Waals surface area contributed by atoms with E-state index in [2.05, 4.69) is 0 Å². The third-order valence-electron chi connectivity index (χ3n) is 7.07. The molecule has 4 aliphatic heterocycles. The van der Waals surface area contributed by atoms with Crippen LogP contribution in [0.3, 0.4) is 0 Å². The molecule has 0 radical (unpaired) electrons. The number of hydrogen-bond donors (Lipinski definition) is 0. The van der Waals surface area contributed by atoms with E-state index < -0.39 is 11.5 Å². The van der Waals surface area contributed by atoms with Gasteiger partial charge in [-0.3, -0.25) is 14.4 Å². The van der Waals surface area contributed by atoms with Crippen LogP contribution in [0, 0.1) is 5.92 Å². The lowest BCUT2D eigenvalue weighted by Crippen LogP contribution is -2.46. The van der Waals surface area contributed by atoms with E-state index in [4.69, 9.17) is 18.9 Å². The first-order chi connectivity index (χ1) is 16.4. The molecule has 4 aliphatic rings. The maximum atomic E-state index is 13.3. The van der Waals surface area contributed by atoms with Gasteiger partial charge in [0.05, 0.1) is 31.6 Å². The van der Waals surface area contributed by atoms with Crippen molar-refractivity contribution in [2.75, 3.05) is 38.4 Å². The molecule has 0 bridgehead atoms. The Morgan fingerprint density at radius 1 is 1.09 bits per heavy atom. The van der Waals surface area contributed by atoms with Crippen molar-refractivity contribution in [3.63, 3.8) is 0 Å². The number of benzene rings is 2. The Bertz CT molecular complexity index is 1210. The van der Waals surface area contributed by atoms with Crippen LogP contribution < -0.4 is 23.8 Å². The number of hydrogen-bond acceptors (Lipinski definition) is 7. The van der Waals surface area contributed by atoms with Gasteiger partial charge in [-0.1, -0.05) is 0 Å². The van der Waals surface area contributed by atoms with Crippen LogP contribution in [-0.2, 0) is 9.59 Å². The standard InChI is InChI=1S/C25H24N2O7/c1-31-17-3-5-20-18(10-17)19(28)11-25(34-20)6-7-26(13-25)24(30)15-8-23(29)27(12-15)16-2-4-21-22(9-16)33-14-32-21/h2-5,9-10,15H,6-8,11-14H2,1H3. The molecule has 9 heteroatoms. The minimum absolute atomic E-state index is 0.0144. The normalized spacial score (nSPS) is 25.0. The second-order valence-electron chi connectivity index (χ2n) is 9.20. The lowest BCUT2D eigenvalue weighted by Gasteiger charge is -2.35. The van der Waals surface area contributed by atoms with E-state index in [1.165, 1.54) is 0 Å². The van der Waals surface area contributed by atoms with Gasteiger partial charge in [-0.2, -0.15) is 0 Å². The van der Waals surface area contributed by atoms with Crippen LogP contribution in [0.15, 0.2) is 36.4 Å². The second kappa shape index (κ2) is 7.65. The number of anilines is 1. The first kappa shape index (κ1) is 20.8. The van der Waals surface area contributed by atoms with E-state index in [-0.39, 0.29) is 37.2 Å². The number of rotatable bonds is 3. The predicted octanol–water partition coefficient (Wildman–Crippen LogP) is 2.41. The summed E-state index contributed by atoms with van der Waals surface area (Å²) in [5.41, 5.74) is 0.472. The van der Waals surface area contributed by atoms with Crippen LogP contribution in [0.25, 0.3) is 0 Å². The molecule has 2 atom stereocenters. The highest BCUT2D eigenvalue weighted by Gasteiger charge is 2.49. The van der Waals surface area contributed by atoms with Crippen molar-refractivity contribution in [3.8, 4) is 23.0 Å². The third kappa shape index (κ3) is 3.34. The van der Waals surface area contributed by atoms with Crippen LogP contribution in [-0.4, -0.2) is 61.6 Å². The Morgan fingerprint density at radius 2 is 1.91 bits per heavy atom. The van der Waals surface area contributed by atoms with Gasteiger partial charge >= 0.3 is 0 Å². The number of nitrogens with zero attached hydrogens (tertiary/aromatic N) is 2. The average Bonchev–Trinajstić information content (AvgIpc) is 3.56. The Kier molecular flexibility index (Phi) is 4.68. The van der Waals surface area contributed by atoms with Gasteiger partial charge < -0.3 is 28.7 Å². The van der Waals surface area contributed by atoms with Gasteiger partial charge in [-0.05, 0) is 30.3 Å². The predicted molar refractivity (Wildman–Crippen MR) is 120 cm³/mol. The van der Waals surface area contributed by atoms with E-state index in [1.807, 2.05) is 0 Å². The zero-order valence-electron chi connectivity index (χ0n) is 18.7. The van der Waals surface area contributed by atoms with Crippen LogP contribution in [0.2, 0.25) is 0 Å². The molecule has 2 saturated heterocycles. The summed E-state index contributed by atoms with van der Waals surface area (Å²) in [4.78, 5) is 42.3. The molecular weight excluding hydrogens is 440 g/mol. The topological polar surface area (TPSA) is 94.6 Å². The minimum Gasteiger partial charge on any atom is -0.497 e. The molecule has 0 saturated carbocycles. The quantitative estimate of drug-likeness (QED) is 0.689. The zero-order chi connectivity index (χ0) is 23.4. The van der Waals surface area contributed by atoms with Gasteiger partial charge in [-0.15, -0.1) is 0 Å². The first-order valence-corrected chi connectivity index (χ1v) is 11.3. The van der Waals surface area contributed by atoms with E-state index >= 15 is 0 Å². The maximum Gasteiger partial charge on any atom is 0.231 e. The van der Waals surface area contributed by atoms with Crippen LogP contribution >= 0.6 is 0 Å². The summed E-state index contributed by atoms with van der Waals surface area (Å²) in [6.07, 6.45) is 0.936. The number of likely N-dealkylation sites (tertiary alicyclic amines) is 1. The molecule has 1 spiro atoms. The maximum absolute atomic E-state index is 13.3. The molecule has 0 aromatic heterocycles. The third-order valence-corrected chi connectivity index (χ3v) is 7.07. The molecule has 0 N–H and O–H groups in total. The van der Waals surface area contributed by atoms with Crippen LogP contribution in [0.4, 0.5) is 5.69 Å². The highest BCUT2D eigenvalue weighted by Crippen LogP contribution is 2.41. The molecule has 0 aliphatic carbocycles. The summed E-state index contributed by atoms with van der Waals surface area (Å²) in [6, 6.07) is 10.5. The molecule has 9 nitrogen and oxygen atoms in total. The Balaban J connectivity index is 1.15. The number of amides is 2. The van der Waals surface area contributed by atoms with E-state index in [0.29, 0.717) is 60.3 Å². The summed E-state index contributed by atoms with van der Waals surface area (Å²) in [7, 11) is 1.55. The molecule has 2 amide bonds. The van der Waals surface area contributed by atoms with Crippen molar-refractivity contribution in [3.05, 3.63) is 42.0 Å². The number of Topliss-reactive ketones (excluding diaryl/α,β-unsaturated/α-hetero) is 1. The summed E-state index contributed by atoms with van der Waals surface area (Å²) >= 11 is 0. The SMILES string of the molecule is COc1ccc2c(c1)C(=O)CC1(CCN(C(=O)C3CC(=O)N(c4ccc5c(c4)OCO5)C3)C1)O2. The largest absolute Gasteiger partial charge is 0.497 e. The van der Waals surface area contributed by atoms with Crippen molar-refractivity contribution in [2.24, 2.45) is 5.92 Å². The zero-order valence-corrected chi connectivity index (χ0v) is 18.7. The molecule has 2 aromatic rings. The van der Waals surface area contributed by atoms with Gasteiger partial charge in [0.15, 0.2) is 17.3 Å². The monoisotopic (exact) mass is 464 g/mol. The Hall–Kier alpha value is -3.75. The van der Waals surface area contributed by atoms with Gasteiger partial charge in [-0.25, -0.2) is 0 Å². The number of carbonyl (C=O) groups is 3. The first-order valence-electron chi connectivity index (χ1n) is 11.3. The molecule has 176 valence electrons. The summed E-state index contributed by atoms with van der Waals surface area (Å²) in [6.45, 7) is 1.29. The molecule has 2 fully saturated rings. The molecule has 4 heterocycles. The Morgan fingerprint density at radius 3 is 2.76 bits per heavy atom. The van der Waals surface area contributed by atoms with Crippen molar-refractivity contribution in [1.29, 1.82) is 0 Å². The van der Waals surface area contributed by atoms with Crippen LogP contribution in [0.5, 0.6) is 23.0 Å². The minimum atomic E-state index is -0.728. The van der Waals surface area contributed by atoms with Gasteiger partial charge in [0.25, 0.3) is 0 Å². The van der Waals surface area contributed by atoms with Crippen molar-refractivity contribution < 1.29 is 33.3 Å². The number of ether oxygens (including phenoxy) is 4. The molecular formula is C25H24N2O7. The summed E-state index contributed by atoms with van der Waals surface area (Å²) in [5, 5.41) is 0. The van der Waals surface area contributed by atoms with Crippen molar-refractivity contribution >= 4 is 23.3 Å². The number of ketones is 1. The average molecular weight is 464 g/mol. The van der Waals surface area contributed by atoms with Crippen molar-refractivity contribution in [1.82, 2.24) is 4.90 Å². The van der Waals surface area contributed by atoms with E-state index in [9.17, 15) is 14.4 Å². The molecule has 2 unspecified atom stereocenters. The number of fused-ring (bicyclic) bond motifs is 2. The second-order valence-corrected chi connectivity index (χ2v) is 9.20. The number of methoxy groups -OCH3 is 1. The van der Waals surface area contributed by atoms with Crippen LogP contribution in [0.1, 0.15) is 29.6 Å². The van der Waals surface area contributed by atoms with Crippen molar-refractivity contribution in [2.45, 2.75) is 24.9 Å². The number of carbonyl (C=O) groups excluding carboxylic acids is 3. The molecule has 2 aromatic carbocycles. The highest BCUT2D eigenvalue weighted by atomic mass is 16.7. The summed E-state index contributed by atoms with van der Waals surface area (Å²) < 4.78 is 22.2. The van der Waals surface area contributed by atoms with Gasteiger partial charge in [0.1, 0.15) is 17.1 Å². The fraction of sp³-hybridized carbons (Fsp3) is 0.400. The molecule has 34 heavy (non-hydrogen) atoms. The highest BCUT2D eigenvalue weighted by molar-refractivity contribution is 6.02. The van der Waals surface area contributed by atoms with Gasteiger partial charge in [0, 0.05) is 37.7 Å². The fourth-order valence-corrected chi connectivity index (χ4v) is 5.29. The lowest BCUT2D eigenvalue weighted by molar-refractivity contribution is -0.135. The van der Waals surface area contributed by atoms with Gasteiger partial charge in [0.2, 0.25) is 18.6 Å². The Labute approximate surface area is 196 Å².